The SMILES string of the molecule is CO/C=C(/C(=O)OC)C1=C(c2ccc3cc(OC)ccc3c2)CCC1. The fourth-order valence-electron chi connectivity index (χ4n) is 3.37. The molecule has 0 bridgehead atoms. The van der Waals surface area contributed by atoms with Crippen LogP contribution in [0.4, 0.5) is 0 Å². The lowest BCUT2D eigenvalue weighted by Gasteiger charge is -2.11. The quantitative estimate of drug-likeness (QED) is 0.458. The Balaban J connectivity index is 2.07. The molecule has 0 aromatic heterocycles. The first-order valence-electron chi connectivity index (χ1n) is 8.29. The maximum atomic E-state index is 12.1. The summed E-state index contributed by atoms with van der Waals surface area (Å²) in [5.74, 6) is 0.485. The first kappa shape index (κ1) is 17.1. The summed E-state index contributed by atoms with van der Waals surface area (Å²) in [6, 6.07) is 12.4. The molecule has 4 nitrogen and oxygen atoms in total. The van der Waals surface area contributed by atoms with Crippen LogP contribution in [0.5, 0.6) is 5.75 Å². The zero-order valence-electron chi connectivity index (χ0n) is 14.8. The summed E-state index contributed by atoms with van der Waals surface area (Å²) >= 11 is 0. The van der Waals surface area contributed by atoms with E-state index < -0.39 is 0 Å². The minimum Gasteiger partial charge on any atom is -0.503 e. The van der Waals surface area contributed by atoms with E-state index in [0.717, 1.165) is 46.9 Å². The fourth-order valence-corrected chi connectivity index (χ4v) is 3.37. The number of fused-ring (bicyclic) bond motifs is 1. The number of rotatable bonds is 5. The van der Waals surface area contributed by atoms with E-state index in [9.17, 15) is 4.79 Å². The second-order valence-electron chi connectivity index (χ2n) is 6.00. The molecule has 0 spiro atoms. The normalized spacial score (nSPS) is 14.8. The molecule has 0 saturated heterocycles. The Kier molecular flexibility index (Phi) is 5.08. The molecular formula is C21H22O4. The van der Waals surface area contributed by atoms with E-state index in [-0.39, 0.29) is 5.97 Å². The lowest BCUT2D eigenvalue weighted by molar-refractivity contribution is -0.135. The summed E-state index contributed by atoms with van der Waals surface area (Å²) in [6.45, 7) is 0. The van der Waals surface area contributed by atoms with E-state index in [1.165, 1.54) is 18.9 Å². The van der Waals surface area contributed by atoms with Crippen molar-refractivity contribution in [2.75, 3.05) is 21.3 Å². The molecule has 0 atom stereocenters. The van der Waals surface area contributed by atoms with Crippen LogP contribution in [-0.2, 0) is 14.3 Å². The van der Waals surface area contributed by atoms with E-state index in [1.807, 2.05) is 12.1 Å². The van der Waals surface area contributed by atoms with Gasteiger partial charge in [-0.05, 0) is 64.9 Å². The summed E-state index contributed by atoms with van der Waals surface area (Å²) in [4.78, 5) is 12.1. The molecule has 0 saturated carbocycles. The van der Waals surface area contributed by atoms with E-state index in [0.29, 0.717) is 5.57 Å². The van der Waals surface area contributed by atoms with Crippen LogP contribution in [0.15, 0.2) is 53.8 Å². The Morgan fingerprint density at radius 1 is 1.00 bits per heavy atom. The fraction of sp³-hybridized carbons (Fsp3) is 0.286. The van der Waals surface area contributed by atoms with Crippen molar-refractivity contribution in [3.05, 3.63) is 59.4 Å². The lowest BCUT2D eigenvalue weighted by atomic mass is 9.95. The predicted molar refractivity (Wildman–Crippen MR) is 98.4 cm³/mol. The van der Waals surface area contributed by atoms with Gasteiger partial charge in [-0.1, -0.05) is 18.2 Å². The number of benzene rings is 2. The summed E-state index contributed by atoms with van der Waals surface area (Å²) in [5, 5.41) is 2.27. The molecule has 3 rings (SSSR count). The van der Waals surface area contributed by atoms with Crippen molar-refractivity contribution in [1.29, 1.82) is 0 Å². The minimum absolute atomic E-state index is 0.359. The molecule has 0 N–H and O–H groups in total. The molecule has 1 aliphatic carbocycles. The van der Waals surface area contributed by atoms with Crippen molar-refractivity contribution >= 4 is 22.3 Å². The molecule has 0 unspecified atom stereocenters. The van der Waals surface area contributed by atoms with Crippen molar-refractivity contribution < 1.29 is 19.0 Å². The van der Waals surface area contributed by atoms with Crippen molar-refractivity contribution in [3.8, 4) is 5.75 Å². The smallest absolute Gasteiger partial charge is 0.341 e. The Labute approximate surface area is 147 Å². The molecule has 4 heteroatoms. The third-order valence-electron chi connectivity index (χ3n) is 4.58. The molecule has 0 heterocycles. The van der Waals surface area contributed by atoms with Gasteiger partial charge in [0.1, 0.15) is 5.75 Å². The van der Waals surface area contributed by atoms with Gasteiger partial charge in [-0.15, -0.1) is 0 Å². The molecule has 1 aliphatic rings. The van der Waals surface area contributed by atoms with E-state index in [2.05, 4.69) is 24.3 Å². The van der Waals surface area contributed by atoms with Crippen LogP contribution in [0.3, 0.4) is 0 Å². The predicted octanol–water partition coefficient (Wildman–Crippen LogP) is 4.49. The highest BCUT2D eigenvalue weighted by atomic mass is 16.5. The highest BCUT2D eigenvalue weighted by Gasteiger charge is 2.24. The first-order chi connectivity index (χ1) is 12.2. The number of ether oxygens (including phenoxy) is 3. The van der Waals surface area contributed by atoms with Crippen LogP contribution < -0.4 is 4.74 Å². The number of methoxy groups -OCH3 is 3. The Morgan fingerprint density at radius 3 is 2.48 bits per heavy atom. The molecule has 2 aromatic rings. The summed E-state index contributed by atoms with van der Waals surface area (Å²) in [5.41, 5.74) is 3.84. The highest BCUT2D eigenvalue weighted by molar-refractivity contribution is 5.98. The van der Waals surface area contributed by atoms with Crippen LogP contribution in [0.2, 0.25) is 0 Å². The molecule has 0 aliphatic heterocycles. The molecule has 2 aromatic carbocycles. The van der Waals surface area contributed by atoms with Gasteiger partial charge in [0.25, 0.3) is 0 Å². The van der Waals surface area contributed by atoms with Gasteiger partial charge in [-0.3, -0.25) is 0 Å². The van der Waals surface area contributed by atoms with Crippen LogP contribution in [-0.4, -0.2) is 27.3 Å². The highest BCUT2D eigenvalue weighted by Crippen LogP contribution is 2.39. The first-order valence-corrected chi connectivity index (χ1v) is 8.29. The Morgan fingerprint density at radius 2 is 1.76 bits per heavy atom. The van der Waals surface area contributed by atoms with Gasteiger partial charge in [0.05, 0.1) is 33.2 Å². The van der Waals surface area contributed by atoms with Gasteiger partial charge < -0.3 is 14.2 Å². The van der Waals surface area contributed by atoms with Gasteiger partial charge in [0, 0.05) is 0 Å². The van der Waals surface area contributed by atoms with Crippen LogP contribution in [0.1, 0.15) is 24.8 Å². The standard InChI is InChI=1S/C21H22O4/c1-23-13-20(21(22)25-3)19-6-4-5-18(19)16-8-7-15-12-17(24-2)10-9-14(15)11-16/h7-13H,4-6H2,1-3H3/b20-13+. The monoisotopic (exact) mass is 338 g/mol. The minimum atomic E-state index is -0.359. The van der Waals surface area contributed by atoms with E-state index in [1.54, 1.807) is 14.2 Å². The number of carbonyl (C=O) groups is 1. The van der Waals surface area contributed by atoms with Crippen molar-refractivity contribution in [1.82, 2.24) is 0 Å². The van der Waals surface area contributed by atoms with Gasteiger partial charge in [0.15, 0.2) is 0 Å². The molecule has 0 fully saturated rings. The largest absolute Gasteiger partial charge is 0.503 e. The summed E-state index contributed by atoms with van der Waals surface area (Å²) < 4.78 is 15.3. The summed E-state index contributed by atoms with van der Waals surface area (Å²) in [7, 11) is 4.60. The van der Waals surface area contributed by atoms with Gasteiger partial charge in [-0.25, -0.2) is 4.79 Å². The van der Waals surface area contributed by atoms with Crippen molar-refractivity contribution in [3.63, 3.8) is 0 Å². The summed E-state index contributed by atoms with van der Waals surface area (Å²) in [6.07, 6.45) is 4.29. The molecular weight excluding hydrogens is 316 g/mol. The van der Waals surface area contributed by atoms with Crippen molar-refractivity contribution in [2.24, 2.45) is 0 Å². The Hall–Kier alpha value is -2.75. The van der Waals surface area contributed by atoms with Crippen LogP contribution >= 0.6 is 0 Å². The molecule has 0 amide bonds. The van der Waals surface area contributed by atoms with Gasteiger partial charge in [0.2, 0.25) is 0 Å². The average molecular weight is 338 g/mol. The maximum Gasteiger partial charge on any atom is 0.341 e. The van der Waals surface area contributed by atoms with Gasteiger partial charge >= 0.3 is 5.97 Å². The zero-order valence-corrected chi connectivity index (χ0v) is 14.8. The number of allylic oxidation sites excluding steroid dienone is 1. The zero-order chi connectivity index (χ0) is 17.8. The molecule has 0 radical (unpaired) electrons. The van der Waals surface area contributed by atoms with Crippen molar-refractivity contribution in [2.45, 2.75) is 19.3 Å². The third kappa shape index (κ3) is 3.38. The third-order valence-corrected chi connectivity index (χ3v) is 4.58. The topological polar surface area (TPSA) is 44.8 Å². The molecule has 130 valence electrons. The Bertz CT molecular complexity index is 861. The van der Waals surface area contributed by atoms with Crippen LogP contribution in [0.25, 0.3) is 16.3 Å². The van der Waals surface area contributed by atoms with Gasteiger partial charge in [-0.2, -0.15) is 0 Å². The second-order valence-corrected chi connectivity index (χ2v) is 6.00. The van der Waals surface area contributed by atoms with E-state index in [4.69, 9.17) is 14.2 Å². The number of esters is 1. The second kappa shape index (κ2) is 7.43. The number of hydrogen-bond donors (Lipinski definition) is 0. The maximum absolute atomic E-state index is 12.1. The number of hydrogen-bond acceptors (Lipinski definition) is 4. The van der Waals surface area contributed by atoms with E-state index >= 15 is 0 Å². The average Bonchev–Trinajstić information content (AvgIpc) is 3.13. The number of carbonyl (C=O) groups excluding carboxylic acids is 1. The van der Waals surface area contributed by atoms with Crippen LogP contribution in [0, 0.1) is 0 Å². The molecule has 25 heavy (non-hydrogen) atoms. The lowest BCUT2D eigenvalue weighted by Crippen LogP contribution is -2.08.